The molecule has 0 saturated heterocycles. The minimum absolute atomic E-state index is 0.0638. The lowest BCUT2D eigenvalue weighted by molar-refractivity contribution is 0.103. The summed E-state index contributed by atoms with van der Waals surface area (Å²) in [5.41, 5.74) is 1.40. The number of nitrogens with one attached hydrogen (secondary N) is 2. The second kappa shape index (κ2) is 8.42. The van der Waals surface area contributed by atoms with Crippen LogP contribution in [0.2, 0.25) is 5.02 Å². The summed E-state index contributed by atoms with van der Waals surface area (Å²) in [6.45, 7) is 1.93. The Labute approximate surface area is 150 Å². The first-order chi connectivity index (χ1) is 11.5. The van der Waals surface area contributed by atoms with Gasteiger partial charge >= 0.3 is 6.09 Å². The average Bonchev–Trinajstić information content (AvgIpc) is 2.57. The van der Waals surface area contributed by atoms with Crippen molar-refractivity contribution < 1.29 is 14.3 Å². The second-order valence-electron chi connectivity index (χ2n) is 4.69. The van der Waals surface area contributed by atoms with Crippen LogP contribution in [0.15, 0.2) is 48.5 Å². The lowest BCUT2D eigenvalue weighted by atomic mass is 10.0. The highest BCUT2D eigenvalue weighted by molar-refractivity contribution is 7.80. The van der Waals surface area contributed by atoms with Gasteiger partial charge in [0, 0.05) is 16.8 Å². The zero-order valence-electron chi connectivity index (χ0n) is 12.8. The predicted octanol–water partition coefficient (Wildman–Crippen LogP) is 4.01. The molecule has 0 aromatic heterocycles. The molecule has 1 amide bonds. The van der Waals surface area contributed by atoms with Crippen LogP contribution in [-0.2, 0) is 4.74 Å². The van der Waals surface area contributed by atoms with Gasteiger partial charge in [0.1, 0.15) is 0 Å². The van der Waals surface area contributed by atoms with Crippen molar-refractivity contribution in [3.63, 3.8) is 0 Å². The molecule has 0 aliphatic heterocycles. The SMILES string of the molecule is CCOC(=O)NC(=S)Nc1ccc(Cl)c(C(=O)c2ccccc2)c1. The number of thiocarbonyl (C=S) groups is 1. The van der Waals surface area contributed by atoms with E-state index < -0.39 is 6.09 Å². The molecule has 7 heteroatoms. The Hall–Kier alpha value is -2.44. The molecule has 5 nitrogen and oxygen atoms in total. The number of halogens is 1. The van der Waals surface area contributed by atoms with E-state index >= 15 is 0 Å². The molecule has 0 saturated carbocycles. The van der Waals surface area contributed by atoms with E-state index in [9.17, 15) is 9.59 Å². The van der Waals surface area contributed by atoms with Crippen LogP contribution in [-0.4, -0.2) is 23.6 Å². The maximum atomic E-state index is 12.5. The van der Waals surface area contributed by atoms with E-state index in [0.29, 0.717) is 21.8 Å². The van der Waals surface area contributed by atoms with Crippen LogP contribution in [0, 0.1) is 0 Å². The number of rotatable bonds is 4. The molecule has 0 fully saturated rings. The monoisotopic (exact) mass is 362 g/mol. The fraction of sp³-hybridized carbons (Fsp3) is 0.118. The number of carbonyl (C=O) groups is 2. The lowest BCUT2D eigenvalue weighted by Gasteiger charge is -2.11. The summed E-state index contributed by atoms with van der Waals surface area (Å²) in [5.74, 6) is -0.200. The Morgan fingerprint density at radius 1 is 1.17 bits per heavy atom. The molecule has 0 aliphatic rings. The molecule has 0 aliphatic carbocycles. The Morgan fingerprint density at radius 3 is 2.54 bits per heavy atom. The molecule has 2 rings (SSSR count). The van der Waals surface area contributed by atoms with Gasteiger partial charge in [-0.3, -0.25) is 10.1 Å². The van der Waals surface area contributed by atoms with Crippen molar-refractivity contribution in [1.29, 1.82) is 0 Å². The molecule has 2 aromatic rings. The average molecular weight is 363 g/mol. The van der Waals surface area contributed by atoms with Gasteiger partial charge in [0.2, 0.25) is 0 Å². The van der Waals surface area contributed by atoms with E-state index in [0.717, 1.165) is 0 Å². The Balaban J connectivity index is 2.15. The molecular weight excluding hydrogens is 348 g/mol. The first-order valence-electron chi connectivity index (χ1n) is 7.15. The maximum Gasteiger partial charge on any atom is 0.413 e. The zero-order valence-corrected chi connectivity index (χ0v) is 14.4. The number of amides is 1. The molecule has 124 valence electrons. The third-order valence-corrected chi connectivity index (χ3v) is 3.53. The smallest absolute Gasteiger partial charge is 0.413 e. The maximum absolute atomic E-state index is 12.5. The fourth-order valence-electron chi connectivity index (χ4n) is 1.94. The first kappa shape index (κ1) is 17.9. The zero-order chi connectivity index (χ0) is 17.5. The highest BCUT2D eigenvalue weighted by Gasteiger charge is 2.14. The minimum atomic E-state index is -0.649. The second-order valence-corrected chi connectivity index (χ2v) is 5.50. The van der Waals surface area contributed by atoms with Gasteiger partial charge in [-0.2, -0.15) is 0 Å². The van der Waals surface area contributed by atoms with Gasteiger partial charge in [-0.25, -0.2) is 4.79 Å². The van der Waals surface area contributed by atoms with E-state index in [1.165, 1.54) is 0 Å². The van der Waals surface area contributed by atoms with Crippen LogP contribution in [0.4, 0.5) is 10.5 Å². The minimum Gasteiger partial charge on any atom is -0.450 e. The number of anilines is 1. The normalized spacial score (nSPS) is 9.92. The third kappa shape index (κ3) is 4.78. The summed E-state index contributed by atoms with van der Waals surface area (Å²) >= 11 is 11.2. The van der Waals surface area contributed by atoms with Crippen molar-refractivity contribution in [2.75, 3.05) is 11.9 Å². The third-order valence-electron chi connectivity index (χ3n) is 3.00. The largest absolute Gasteiger partial charge is 0.450 e. The molecule has 0 spiro atoms. The van der Waals surface area contributed by atoms with Crippen LogP contribution < -0.4 is 10.6 Å². The number of alkyl carbamates (subject to hydrolysis) is 1. The van der Waals surface area contributed by atoms with Crippen LogP contribution in [0.25, 0.3) is 0 Å². The Bertz CT molecular complexity index is 766. The van der Waals surface area contributed by atoms with E-state index in [-0.39, 0.29) is 17.5 Å². The van der Waals surface area contributed by atoms with Crippen molar-refractivity contribution >= 4 is 46.5 Å². The number of ether oxygens (including phenoxy) is 1. The summed E-state index contributed by atoms with van der Waals surface area (Å²) in [4.78, 5) is 23.9. The van der Waals surface area contributed by atoms with Crippen molar-refractivity contribution in [2.24, 2.45) is 0 Å². The van der Waals surface area contributed by atoms with Crippen LogP contribution in [0.3, 0.4) is 0 Å². The highest BCUT2D eigenvalue weighted by atomic mass is 35.5. The molecule has 24 heavy (non-hydrogen) atoms. The molecule has 0 atom stereocenters. The quantitative estimate of drug-likeness (QED) is 0.635. The highest BCUT2D eigenvalue weighted by Crippen LogP contribution is 2.23. The molecule has 2 aromatic carbocycles. The van der Waals surface area contributed by atoms with Gasteiger partial charge in [-0.1, -0.05) is 41.9 Å². The Morgan fingerprint density at radius 2 is 1.88 bits per heavy atom. The summed E-state index contributed by atoms with van der Waals surface area (Å²) in [6.07, 6.45) is -0.649. The fourth-order valence-corrected chi connectivity index (χ4v) is 2.35. The van der Waals surface area contributed by atoms with E-state index in [1.807, 2.05) is 6.07 Å². The summed E-state index contributed by atoms with van der Waals surface area (Å²) in [7, 11) is 0. The van der Waals surface area contributed by atoms with Crippen molar-refractivity contribution in [1.82, 2.24) is 5.32 Å². The number of ketones is 1. The van der Waals surface area contributed by atoms with Crippen LogP contribution in [0.1, 0.15) is 22.8 Å². The number of hydrogen-bond acceptors (Lipinski definition) is 4. The molecule has 0 unspecified atom stereocenters. The van der Waals surface area contributed by atoms with Crippen LogP contribution >= 0.6 is 23.8 Å². The first-order valence-corrected chi connectivity index (χ1v) is 7.94. The molecule has 0 radical (unpaired) electrons. The number of hydrogen-bond donors (Lipinski definition) is 2. The van der Waals surface area contributed by atoms with Crippen molar-refractivity contribution in [2.45, 2.75) is 6.92 Å². The van der Waals surface area contributed by atoms with Gasteiger partial charge in [0.25, 0.3) is 0 Å². The number of carbonyl (C=O) groups excluding carboxylic acids is 2. The predicted molar refractivity (Wildman–Crippen MR) is 97.7 cm³/mol. The molecular formula is C17H15ClN2O3S. The molecule has 2 N–H and O–H groups in total. The van der Waals surface area contributed by atoms with Gasteiger partial charge in [-0.05, 0) is 37.3 Å². The standard InChI is InChI=1S/C17H15ClN2O3S/c1-2-23-17(22)20-16(24)19-12-8-9-14(18)13(10-12)15(21)11-6-4-3-5-7-11/h3-10H,2H2,1H3,(H2,19,20,22,24). The van der Waals surface area contributed by atoms with Gasteiger partial charge in [0.15, 0.2) is 10.9 Å². The van der Waals surface area contributed by atoms with Crippen molar-refractivity contribution in [3.05, 3.63) is 64.7 Å². The van der Waals surface area contributed by atoms with Crippen molar-refractivity contribution in [3.8, 4) is 0 Å². The van der Waals surface area contributed by atoms with Gasteiger partial charge in [0.05, 0.1) is 11.6 Å². The molecule has 0 bridgehead atoms. The summed E-state index contributed by atoms with van der Waals surface area (Å²) in [6, 6.07) is 13.6. The Kier molecular flexibility index (Phi) is 6.28. The van der Waals surface area contributed by atoms with E-state index in [2.05, 4.69) is 10.6 Å². The van der Waals surface area contributed by atoms with Crippen LogP contribution in [0.5, 0.6) is 0 Å². The van der Waals surface area contributed by atoms with Gasteiger partial charge in [-0.15, -0.1) is 0 Å². The van der Waals surface area contributed by atoms with E-state index in [4.69, 9.17) is 28.6 Å². The lowest BCUT2D eigenvalue weighted by Crippen LogP contribution is -2.34. The van der Waals surface area contributed by atoms with E-state index in [1.54, 1.807) is 49.4 Å². The topological polar surface area (TPSA) is 67.4 Å². The van der Waals surface area contributed by atoms with Gasteiger partial charge < -0.3 is 10.1 Å². The summed E-state index contributed by atoms with van der Waals surface area (Å²) in [5, 5.41) is 5.58. The molecule has 0 heterocycles. The summed E-state index contributed by atoms with van der Waals surface area (Å²) < 4.78 is 4.74. The number of benzene rings is 2.